The summed E-state index contributed by atoms with van der Waals surface area (Å²) >= 11 is 12.2. The van der Waals surface area contributed by atoms with Crippen LogP contribution in [0.15, 0.2) is 41.2 Å². The fourth-order valence-electron chi connectivity index (χ4n) is 5.55. The summed E-state index contributed by atoms with van der Waals surface area (Å²) in [6, 6.07) is 10.3. The van der Waals surface area contributed by atoms with Crippen LogP contribution in [-0.4, -0.2) is 36.4 Å². The number of ether oxygens (including phenoxy) is 1. The molecule has 0 unspecified atom stereocenters. The van der Waals surface area contributed by atoms with Crippen LogP contribution in [0.4, 0.5) is 10.2 Å². The van der Waals surface area contributed by atoms with Crippen molar-refractivity contribution in [3.05, 3.63) is 85.1 Å². The molecule has 0 radical (unpaired) electrons. The van der Waals surface area contributed by atoms with E-state index in [0.29, 0.717) is 23.9 Å². The van der Waals surface area contributed by atoms with Crippen molar-refractivity contribution in [3.8, 4) is 17.5 Å². The molecule has 2 heterocycles. The van der Waals surface area contributed by atoms with E-state index in [9.17, 15) is 9.18 Å². The molecule has 5 rings (SSSR count). The van der Waals surface area contributed by atoms with Crippen LogP contribution in [0.25, 0.3) is 5.69 Å². The molecular weight excluding hydrogens is 514 g/mol. The summed E-state index contributed by atoms with van der Waals surface area (Å²) in [6.07, 6.45) is 2.70. The lowest BCUT2D eigenvalue weighted by Crippen LogP contribution is -2.45. The van der Waals surface area contributed by atoms with Crippen molar-refractivity contribution in [2.24, 2.45) is 11.1 Å². The van der Waals surface area contributed by atoms with E-state index in [2.05, 4.69) is 33.9 Å². The van der Waals surface area contributed by atoms with Crippen molar-refractivity contribution in [2.75, 3.05) is 31.7 Å². The number of fused-ring (bicyclic) bond motifs is 1. The van der Waals surface area contributed by atoms with Crippen LogP contribution in [0.3, 0.4) is 0 Å². The van der Waals surface area contributed by atoms with E-state index in [1.807, 2.05) is 6.07 Å². The number of piperidine rings is 1. The van der Waals surface area contributed by atoms with Gasteiger partial charge in [0.25, 0.3) is 5.56 Å². The van der Waals surface area contributed by atoms with Crippen LogP contribution >= 0.6 is 23.2 Å². The van der Waals surface area contributed by atoms with E-state index in [1.54, 1.807) is 14.0 Å². The lowest BCUT2D eigenvalue weighted by Gasteiger charge is -2.42. The zero-order valence-electron chi connectivity index (χ0n) is 20.7. The minimum absolute atomic E-state index is 0.0241. The Kier molecular flexibility index (Phi) is 7.03. The first-order valence-corrected chi connectivity index (χ1v) is 12.9. The molecule has 192 valence electrons. The molecule has 0 bridgehead atoms. The molecule has 2 aromatic carbocycles. The Morgan fingerprint density at radius 2 is 1.95 bits per heavy atom. The minimum atomic E-state index is -0.643. The molecule has 1 spiro atoms. The number of benzene rings is 2. The van der Waals surface area contributed by atoms with Gasteiger partial charge in [-0.3, -0.25) is 9.36 Å². The van der Waals surface area contributed by atoms with Crippen molar-refractivity contribution in [2.45, 2.75) is 32.2 Å². The molecule has 37 heavy (non-hydrogen) atoms. The number of hydrogen-bond donors (Lipinski definition) is 1. The summed E-state index contributed by atoms with van der Waals surface area (Å²) in [6.45, 7) is 3.59. The number of nitrogens with two attached hydrogens (primary N) is 1. The standard InChI is InChI=1S/C28H27Cl2FN4O2/c1-17-33-23(15-24(36)35(17)22-8-7-21(31)25(29)26(22)30)34-11-9-28(10-12-34)16-19-6-5-18(4-3-13-37-2)14-20(19)27(28)32/h5-8,14-15,27H,9-13,16,32H2,1-2H3/t27-/m1/s1. The second-order valence-electron chi connectivity index (χ2n) is 9.68. The molecular formula is C28H27Cl2FN4O2. The number of aromatic nitrogens is 2. The van der Waals surface area contributed by atoms with E-state index in [4.69, 9.17) is 33.7 Å². The Morgan fingerprint density at radius 1 is 1.19 bits per heavy atom. The van der Waals surface area contributed by atoms with Gasteiger partial charge in [-0.15, -0.1) is 0 Å². The number of halogens is 3. The normalized spacial score (nSPS) is 18.0. The maximum atomic E-state index is 13.8. The highest BCUT2D eigenvalue weighted by Gasteiger charge is 2.46. The lowest BCUT2D eigenvalue weighted by atomic mass is 9.73. The first-order valence-electron chi connectivity index (χ1n) is 12.1. The molecule has 1 aliphatic carbocycles. The number of anilines is 1. The van der Waals surface area contributed by atoms with E-state index in [1.165, 1.54) is 33.9 Å². The molecule has 1 fully saturated rings. The van der Waals surface area contributed by atoms with Gasteiger partial charge in [0.1, 0.15) is 24.1 Å². The fourth-order valence-corrected chi connectivity index (χ4v) is 5.95. The van der Waals surface area contributed by atoms with Gasteiger partial charge in [-0.25, -0.2) is 9.37 Å². The molecule has 1 saturated heterocycles. The van der Waals surface area contributed by atoms with Crippen LogP contribution in [-0.2, 0) is 11.2 Å². The smallest absolute Gasteiger partial charge is 0.260 e. The first kappa shape index (κ1) is 25.7. The summed E-state index contributed by atoms with van der Waals surface area (Å²) < 4.78 is 20.1. The van der Waals surface area contributed by atoms with Gasteiger partial charge in [0.2, 0.25) is 0 Å². The van der Waals surface area contributed by atoms with Gasteiger partial charge in [-0.05, 0) is 67.0 Å². The molecule has 9 heteroatoms. The third-order valence-electron chi connectivity index (χ3n) is 7.54. The molecule has 0 saturated carbocycles. The predicted molar refractivity (Wildman–Crippen MR) is 144 cm³/mol. The molecule has 1 atom stereocenters. The number of aryl methyl sites for hydroxylation is 1. The summed E-state index contributed by atoms with van der Waals surface area (Å²) in [7, 11) is 1.63. The van der Waals surface area contributed by atoms with Crippen LogP contribution in [0.5, 0.6) is 0 Å². The average molecular weight is 541 g/mol. The van der Waals surface area contributed by atoms with Crippen LogP contribution < -0.4 is 16.2 Å². The van der Waals surface area contributed by atoms with Gasteiger partial charge in [-0.1, -0.05) is 41.1 Å². The summed E-state index contributed by atoms with van der Waals surface area (Å²) in [5.74, 6) is 6.55. The van der Waals surface area contributed by atoms with E-state index in [0.717, 1.165) is 37.9 Å². The highest BCUT2D eigenvalue weighted by molar-refractivity contribution is 6.43. The van der Waals surface area contributed by atoms with Gasteiger partial charge in [0.05, 0.1) is 15.7 Å². The fraction of sp³-hybridized carbons (Fsp3) is 0.357. The molecule has 6 nitrogen and oxygen atoms in total. The van der Waals surface area contributed by atoms with Gasteiger partial charge >= 0.3 is 0 Å². The monoisotopic (exact) mass is 540 g/mol. The second-order valence-corrected chi connectivity index (χ2v) is 10.4. The average Bonchev–Trinajstić information content (AvgIpc) is 3.14. The van der Waals surface area contributed by atoms with E-state index in [-0.39, 0.29) is 27.1 Å². The second kappa shape index (κ2) is 10.1. The SMILES string of the molecule is COCC#Cc1ccc2c(c1)[C@@H](N)C1(CCN(c3cc(=O)n(-c4ccc(F)c(Cl)c4Cl)c(C)n3)CC1)C2. The van der Waals surface area contributed by atoms with Crippen molar-refractivity contribution in [1.82, 2.24) is 9.55 Å². The van der Waals surface area contributed by atoms with Crippen LogP contribution in [0.2, 0.25) is 10.0 Å². The number of methoxy groups -OCH3 is 1. The maximum absolute atomic E-state index is 13.8. The van der Waals surface area contributed by atoms with Crippen molar-refractivity contribution in [1.29, 1.82) is 0 Å². The van der Waals surface area contributed by atoms with Crippen LogP contribution in [0.1, 0.15) is 41.4 Å². The van der Waals surface area contributed by atoms with Gasteiger partial charge in [0, 0.05) is 37.9 Å². The van der Waals surface area contributed by atoms with Crippen LogP contribution in [0, 0.1) is 30.0 Å². The largest absolute Gasteiger partial charge is 0.372 e. The zero-order valence-corrected chi connectivity index (χ0v) is 22.2. The Labute approximate surface area is 225 Å². The summed E-state index contributed by atoms with van der Waals surface area (Å²) in [5.41, 5.74) is 10.2. The Hall–Kier alpha value is -2.89. The van der Waals surface area contributed by atoms with Crippen molar-refractivity contribution < 1.29 is 9.13 Å². The number of rotatable bonds is 3. The Bertz CT molecular complexity index is 1490. The topological polar surface area (TPSA) is 73.4 Å². The number of nitrogens with zero attached hydrogens (tertiary/aromatic N) is 3. The minimum Gasteiger partial charge on any atom is -0.372 e. The highest BCUT2D eigenvalue weighted by atomic mass is 35.5. The third-order valence-corrected chi connectivity index (χ3v) is 8.39. The lowest BCUT2D eigenvalue weighted by molar-refractivity contribution is 0.187. The Balaban J connectivity index is 1.35. The molecule has 2 aliphatic rings. The van der Waals surface area contributed by atoms with E-state index < -0.39 is 5.82 Å². The Morgan fingerprint density at radius 3 is 2.65 bits per heavy atom. The van der Waals surface area contributed by atoms with Gasteiger partial charge in [-0.2, -0.15) is 0 Å². The molecule has 0 amide bonds. The van der Waals surface area contributed by atoms with Crippen molar-refractivity contribution >= 4 is 29.0 Å². The third kappa shape index (κ3) is 4.64. The predicted octanol–water partition coefficient (Wildman–Crippen LogP) is 4.83. The van der Waals surface area contributed by atoms with Gasteiger partial charge < -0.3 is 15.4 Å². The summed E-state index contributed by atoms with van der Waals surface area (Å²) in [5, 5.41) is -0.247. The highest BCUT2D eigenvalue weighted by Crippen LogP contribution is 2.51. The number of hydrogen-bond acceptors (Lipinski definition) is 5. The zero-order chi connectivity index (χ0) is 26.3. The quantitative estimate of drug-likeness (QED) is 0.380. The first-order chi connectivity index (χ1) is 17.7. The summed E-state index contributed by atoms with van der Waals surface area (Å²) in [4.78, 5) is 19.9. The van der Waals surface area contributed by atoms with Crippen molar-refractivity contribution in [3.63, 3.8) is 0 Å². The molecule has 1 aliphatic heterocycles. The molecule has 2 N–H and O–H groups in total. The van der Waals surface area contributed by atoms with E-state index >= 15 is 0 Å². The molecule has 3 aromatic rings. The maximum Gasteiger partial charge on any atom is 0.260 e. The molecule has 1 aromatic heterocycles. The van der Waals surface area contributed by atoms with Gasteiger partial charge in [0.15, 0.2) is 0 Å².